The van der Waals surface area contributed by atoms with Crippen LogP contribution in [0.25, 0.3) is 0 Å². The zero-order chi connectivity index (χ0) is 16.5. The van der Waals surface area contributed by atoms with E-state index in [0.29, 0.717) is 4.47 Å². The number of hydrogen-bond donors (Lipinski definition) is 0. The Bertz CT molecular complexity index is 724. The van der Waals surface area contributed by atoms with Gasteiger partial charge in [0.15, 0.2) is 5.69 Å². The van der Waals surface area contributed by atoms with Crippen molar-refractivity contribution in [2.75, 3.05) is 24.3 Å². The third kappa shape index (κ3) is 3.96. The van der Waals surface area contributed by atoms with E-state index in [4.69, 9.17) is 10.7 Å². The van der Waals surface area contributed by atoms with Crippen molar-refractivity contribution in [1.29, 1.82) is 0 Å². The van der Waals surface area contributed by atoms with E-state index < -0.39 is 20.9 Å². The van der Waals surface area contributed by atoms with Gasteiger partial charge in [-0.3, -0.25) is 4.79 Å². The number of anilines is 1. The molecule has 0 bridgehead atoms. The molecule has 2 heterocycles. The number of ether oxygens (including phenoxy) is 1. The Morgan fingerprint density at radius 1 is 1.59 bits per heavy atom. The number of methoxy groups -OCH3 is 1. The number of carbonyl (C=O) groups is 2. The fourth-order valence-electron chi connectivity index (χ4n) is 2.30. The number of amides is 1. The first-order valence-electron chi connectivity index (χ1n) is 6.18. The average molecular weight is 412 g/mol. The van der Waals surface area contributed by atoms with Crippen molar-refractivity contribution in [2.24, 2.45) is 5.92 Å². The number of aromatic nitrogens is 1. The van der Waals surface area contributed by atoms with Crippen LogP contribution in [-0.4, -0.2) is 44.7 Å². The summed E-state index contributed by atoms with van der Waals surface area (Å²) in [6.45, 7) is 0.146. The van der Waals surface area contributed by atoms with E-state index in [9.17, 15) is 18.0 Å². The van der Waals surface area contributed by atoms with Crippen LogP contribution >= 0.6 is 26.6 Å². The van der Waals surface area contributed by atoms with Gasteiger partial charge < -0.3 is 9.64 Å². The number of carbonyl (C=O) groups excluding carboxylic acids is 2. The summed E-state index contributed by atoms with van der Waals surface area (Å²) in [5, 5.41) is 0. The minimum Gasteiger partial charge on any atom is -0.464 e. The van der Waals surface area contributed by atoms with Crippen molar-refractivity contribution < 1.29 is 22.7 Å². The second kappa shape index (κ2) is 6.51. The predicted molar refractivity (Wildman–Crippen MR) is 83.4 cm³/mol. The highest BCUT2D eigenvalue weighted by Gasteiger charge is 2.35. The SMILES string of the molecule is COC(=O)c1ncc(Br)cc1N1CC(CS(=O)(=O)Cl)CC1=O. The Morgan fingerprint density at radius 3 is 2.86 bits per heavy atom. The Kier molecular flexibility index (Phi) is 5.08. The smallest absolute Gasteiger partial charge is 0.358 e. The van der Waals surface area contributed by atoms with E-state index in [1.807, 2.05) is 0 Å². The molecule has 1 amide bonds. The molecule has 0 aliphatic carbocycles. The molecule has 7 nitrogen and oxygen atoms in total. The summed E-state index contributed by atoms with van der Waals surface area (Å²) < 4.78 is 27.5. The van der Waals surface area contributed by atoms with E-state index in [-0.39, 0.29) is 36.0 Å². The molecule has 0 N–H and O–H groups in total. The average Bonchev–Trinajstić information content (AvgIpc) is 2.76. The zero-order valence-electron chi connectivity index (χ0n) is 11.5. The standard InChI is InChI=1S/C12H12BrClN2O5S/c1-21-12(18)11-9(3-8(13)4-15-11)16-5-7(2-10(16)17)6-22(14,19)20/h3-4,7H,2,5-6H2,1H3. The number of pyridine rings is 1. The third-order valence-corrected chi connectivity index (χ3v) is 4.82. The fraction of sp³-hybridized carbons (Fsp3) is 0.417. The van der Waals surface area contributed by atoms with Gasteiger partial charge in [-0.1, -0.05) is 0 Å². The van der Waals surface area contributed by atoms with Gasteiger partial charge in [0.2, 0.25) is 15.0 Å². The van der Waals surface area contributed by atoms with Crippen LogP contribution < -0.4 is 4.90 Å². The quantitative estimate of drug-likeness (QED) is 0.551. The second-order valence-corrected chi connectivity index (χ2v) is 8.53. The van der Waals surface area contributed by atoms with Gasteiger partial charge in [0, 0.05) is 40.2 Å². The first-order chi connectivity index (χ1) is 10.2. The van der Waals surface area contributed by atoms with Crippen LogP contribution in [0.5, 0.6) is 0 Å². The summed E-state index contributed by atoms with van der Waals surface area (Å²) in [4.78, 5) is 29.2. The maximum absolute atomic E-state index is 12.1. The van der Waals surface area contributed by atoms with Crippen molar-refractivity contribution >= 4 is 53.2 Å². The summed E-state index contributed by atoms with van der Waals surface area (Å²) in [6, 6.07) is 1.56. The Labute approximate surface area is 140 Å². The lowest BCUT2D eigenvalue weighted by atomic mass is 10.1. The van der Waals surface area contributed by atoms with Gasteiger partial charge in [-0.25, -0.2) is 18.2 Å². The van der Waals surface area contributed by atoms with Gasteiger partial charge in [-0.2, -0.15) is 0 Å². The molecule has 22 heavy (non-hydrogen) atoms. The molecule has 0 spiro atoms. The maximum atomic E-state index is 12.1. The number of halogens is 2. The van der Waals surface area contributed by atoms with Crippen LogP contribution in [0, 0.1) is 5.92 Å². The molecule has 120 valence electrons. The molecule has 1 aromatic rings. The third-order valence-electron chi connectivity index (χ3n) is 3.14. The molecular weight excluding hydrogens is 400 g/mol. The van der Waals surface area contributed by atoms with Crippen molar-refractivity contribution in [2.45, 2.75) is 6.42 Å². The summed E-state index contributed by atoms with van der Waals surface area (Å²) in [5.41, 5.74) is 0.272. The number of esters is 1. The molecule has 10 heteroatoms. The number of hydrogen-bond acceptors (Lipinski definition) is 6. The first-order valence-corrected chi connectivity index (χ1v) is 9.45. The number of rotatable bonds is 4. The van der Waals surface area contributed by atoms with E-state index >= 15 is 0 Å². The van der Waals surface area contributed by atoms with E-state index in [0.717, 1.165) is 0 Å². The molecule has 1 aromatic heterocycles. The van der Waals surface area contributed by atoms with Crippen LogP contribution in [0.4, 0.5) is 5.69 Å². The molecule has 0 radical (unpaired) electrons. The molecule has 1 unspecified atom stereocenters. The van der Waals surface area contributed by atoms with Crippen molar-refractivity contribution in [3.63, 3.8) is 0 Å². The lowest BCUT2D eigenvalue weighted by molar-refractivity contribution is -0.117. The van der Waals surface area contributed by atoms with Crippen LogP contribution in [0.3, 0.4) is 0 Å². The van der Waals surface area contributed by atoms with Gasteiger partial charge in [0.1, 0.15) is 0 Å². The van der Waals surface area contributed by atoms with Gasteiger partial charge in [-0.15, -0.1) is 0 Å². The summed E-state index contributed by atoms with van der Waals surface area (Å²) in [5.74, 6) is -1.70. The summed E-state index contributed by atoms with van der Waals surface area (Å²) >= 11 is 3.23. The molecular formula is C12H12BrClN2O5S. The highest BCUT2D eigenvalue weighted by Crippen LogP contribution is 2.30. The fourth-order valence-corrected chi connectivity index (χ4v) is 3.94. The van der Waals surface area contributed by atoms with E-state index in [1.54, 1.807) is 6.07 Å². The molecule has 0 saturated carbocycles. The van der Waals surface area contributed by atoms with Gasteiger partial charge >= 0.3 is 5.97 Å². The molecule has 1 aliphatic rings. The topological polar surface area (TPSA) is 93.6 Å². The normalized spacial score (nSPS) is 18.6. The molecule has 1 aliphatic heterocycles. The Morgan fingerprint density at radius 2 is 2.27 bits per heavy atom. The van der Waals surface area contributed by atoms with Crippen LogP contribution in [0.2, 0.25) is 0 Å². The largest absolute Gasteiger partial charge is 0.464 e. The Balaban J connectivity index is 2.34. The monoisotopic (exact) mass is 410 g/mol. The first kappa shape index (κ1) is 17.2. The number of nitrogens with zero attached hydrogens (tertiary/aromatic N) is 2. The van der Waals surface area contributed by atoms with Crippen LogP contribution in [-0.2, 0) is 18.6 Å². The van der Waals surface area contributed by atoms with E-state index in [2.05, 4.69) is 25.7 Å². The van der Waals surface area contributed by atoms with Crippen LogP contribution in [0.1, 0.15) is 16.9 Å². The lowest BCUT2D eigenvalue weighted by Gasteiger charge is -2.19. The van der Waals surface area contributed by atoms with Gasteiger partial charge in [-0.05, 0) is 22.0 Å². The van der Waals surface area contributed by atoms with Crippen LogP contribution in [0.15, 0.2) is 16.7 Å². The van der Waals surface area contributed by atoms with Crippen molar-refractivity contribution in [3.8, 4) is 0 Å². The molecule has 0 aromatic carbocycles. The zero-order valence-corrected chi connectivity index (χ0v) is 14.6. The highest BCUT2D eigenvalue weighted by atomic mass is 79.9. The highest BCUT2D eigenvalue weighted by molar-refractivity contribution is 9.10. The molecule has 1 fully saturated rings. The predicted octanol–water partition coefficient (Wildman–Crippen LogP) is 1.55. The second-order valence-electron chi connectivity index (χ2n) is 4.79. The van der Waals surface area contributed by atoms with Crippen molar-refractivity contribution in [1.82, 2.24) is 4.98 Å². The minimum absolute atomic E-state index is 0.00608. The van der Waals surface area contributed by atoms with Crippen molar-refractivity contribution in [3.05, 3.63) is 22.4 Å². The van der Waals surface area contributed by atoms with E-state index in [1.165, 1.54) is 18.2 Å². The lowest BCUT2D eigenvalue weighted by Crippen LogP contribution is -2.28. The van der Waals surface area contributed by atoms with Gasteiger partial charge in [0.25, 0.3) is 0 Å². The molecule has 1 saturated heterocycles. The summed E-state index contributed by atoms with van der Waals surface area (Å²) in [6.07, 6.45) is 1.45. The minimum atomic E-state index is -3.70. The molecule has 1 atom stereocenters. The van der Waals surface area contributed by atoms with Gasteiger partial charge in [0.05, 0.1) is 18.6 Å². The Hall–Kier alpha value is -1.19. The maximum Gasteiger partial charge on any atom is 0.358 e. The molecule has 2 rings (SSSR count). The summed E-state index contributed by atoms with van der Waals surface area (Å²) in [7, 11) is 2.75.